The minimum Gasteiger partial charge on any atom is -0.478 e. The molecule has 118 valence electrons. The maximum atomic E-state index is 11.5. The first-order valence-electron chi connectivity index (χ1n) is 6.61. The van der Waals surface area contributed by atoms with Crippen molar-refractivity contribution in [1.82, 2.24) is 0 Å². The van der Waals surface area contributed by atoms with E-state index in [2.05, 4.69) is 5.32 Å². The zero-order chi connectivity index (χ0) is 17.5. The van der Waals surface area contributed by atoms with E-state index in [4.69, 9.17) is 22.1 Å². The highest BCUT2D eigenvalue weighted by Crippen LogP contribution is 2.32. The Kier molecular flexibility index (Phi) is 5.86. The maximum Gasteiger partial charge on any atom is 0.336 e. The SMILES string of the molecule is N#CC(C#N)=CNc1ccc(Sc2ccc(Cl)cc2)c(C(=O)O)c1. The number of anilines is 1. The number of carbonyl (C=O) groups is 1. The third-order valence-corrected chi connectivity index (χ3v) is 4.21. The van der Waals surface area contributed by atoms with E-state index in [1.807, 2.05) is 0 Å². The highest BCUT2D eigenvalue weighted by Gasteiger charge is 2.12. The molecule has 0 fully saturated rings. The van der Waals surface area contributed by atoms with Gasteiger partial charge in [-0.3, -0.25) is 0 Å². The van der Waals surface area contributed by atoms with Crippen LogP contribution >= 0.6 is 23.4 Å². The largest absolute Gasteiger partial charge is 0.478 e. The van der Waals surface area contributed by atoms with Gasteiger partial charge in [-0.25, -0.2) is 4.79 Å². The fourth-order valence-corrected chi connectivity index (χ4v) is 2.79. The molecule has 0 unspecified atom stereocenters. The lowest BCUT2D eigenvalue weighted by Crippen LogP contribution is -2.00. The second-order valence-corrected chi connectivity index (χ2v) is 6.05. The summed E-state index contributed by atoms with van der Waals surface area (Å²) in [6.07, 6.45) is 1.23. The van der Waals surface area contributed by atoms with Crippen molar-refractivity contribution in [2.24, 2.45) is 0 Å². The van der Waals surface area contributed by atoms with Crippen LogP contribution in [0, 0.1) is 22.7 Å². The number of nitrogens with zero attached hydrogens (tertiary/aromatic N) is 2. The zero-order valence-electron chi connectivity index (χ0n) is 12.2. The van der Waals surface area contributed by atoms with Crippen molar-refractivity contribution >= 4 is 35.0 Å². The van der Waals surface area contributed by atoms with E-state index in [0.717, 1.165) is 4.90 Å². The van der Waals surface area contributed by atoms with Gasteiger partial charge in [-0.2, -0.15) is 10.5 Å². The first-order valence-corrected chi connectivity index (χ1v) is 7.80. The third kappa shape index (κ3) is 4.53. The van der Waals surface area contributed by atoms with Gasteiger partial charge in [0.2, 0.25) is 0 Å². The molecule has 2 N–H and O–H groups in total. The Hall–Kier alpha value is -2.93. The summed E-state index contributed by atoms with van der Waals surface area (Å²) < 4.78 is 0. The van der Waals surface area contributed by atoms with Crippen LogP contribution in [0.1, 0.15) is 10.4 Å². The van der Waals surface area contributed by atoms with Gasteiger partial charge in [0.1, 0.15) is 17.7 Å². The molecule has 0 radical (unpaired) electrons. The van der Waals surface area contributed by atoms with Gasteiger partial charge in [-0.15, -0.1) is 0 Å². The van der Waals surface area contributed by atoms with Crippen molar-refractivity contribution in [3.05, 3.63) is 64.8 Å². The lowest BCUT2D eigenvalue weighted by Gasteiger charge is -2.09. The van der Waals surface area contributed by atoms with Crippen LogP contribution in [-0.2, 0) is 0 Å². The molecule has 0 aliphatic rings. The molecular formula is C17H10ClN3O2S. The van der Waals surface area contributed by atoms with E-state index in [1.165, 1.54) is 24.0 Å². The number of nitrogens with one attached hydrogen (secondary N) is 1. The lowest BCUT2D eigenvalue weighted by atomic mass is 10.2. The van der Waals surface area contributed by atoms with E-state index in [9.17, 15) is 9.90 Å². The molecular weight excluding hydrogens is 346 g/mol. The van der Waals surface area contributed by atoms with E-state index in [0.29, 0.717) is 15.6 Å². The van der Waals surface area contributed by atoms with Crippen molar-refractivity contribution < 1.29 is 9.90 Å². The predicted molar refractivity (Wildman–Crippen MR) is 91.9 cm³/mol. The van der Waals surface area contributed by atoms with E-state index >= 15 is 0 Å². The second-order valence-electron chi connectivity index (χ2n) is 4.50. The summed E-state index contributed by atoms with van der Waals surface area (Å²) >= 11 is 7.14. The summed E-state index contributed by atoms with van der Waals surface area (Å²) in [6.45, 7) is 0. The molecule has 0 aliphatic heterocycles. The number of rotatable bonds is 5. The van der Waals surface area contributed by atoms with Crippen LogP contribution in [0.2, 0.25) is 5.02 Å². The average molecular weight is 356 g/mol. The predicted octanol–water partition coefficient (Wildman–Crippen LogP) is 4.53. The first-order chi connectivity index (χ1) is 11.5. The quantitative estimate of drug-likeness (QED) is 0.764. The van der Waals surface area contributed by atoms with Crippen LogP contribution < -0.4 is 5.32 Å². The minimum atomic E-state index is -1.07. The Labute approximate surface area is 147 Å². The summed E-state index contributed by atoms with van der Waals surface area (Å²) in [6, 6.07) is 15.3. The number of nitriles is 2. The fraction of sp³-hybridized carbons (Fsp3) is 0. The molecule has 7 heteroatoms. The van der Waals surface area contributed by atoms with Gasteiger partial charge in [0, 0.05) is 26.7 Å². The third-order valence-electron chi connectivity index (χ3n) is 2.88. The maximum absolute atomic E-state index is 11.5. The van der Waals surface area contributed by atoms with Gasteiger partial charge in [0.25, 0.3) is 0 Å². The van der Waals surface area contributed by atoms with Gasteiger partial charge in [-0.05, 0) is 42.5 Å². The Balaban J connectivity index is 2.29. The van der Waals surface area contributed by atoms with Crippen molar-refractivity contribution in [1.29, 1.82) is 10.5 Å². The van der Waals surface area contributed by atoms with E-state index in [-0.39, 0.29) is 11.1 Å². The Morgan fingerprint density at radius 2 is 1.83 bits per heavy atom. The molecule has 2 rings (SSSR count). The van der Waals surface area contributed by atoms with Crippen molar-refractivity contribution in [2.45, 2.75) is 9.79 Å². The van der Waals surface area contributed by atoms with Crippen molar-refractivity contribution in [2.75, 3.05) is 5.32 Å². The van der Waals surface area contributed by atoms with Crippen LogP contribution in [0.3, 0.4) is 0 Å². The fourth-order valence-electron chi connectivity index (χ4n) is 1.75. The van der Waals surface area contributed by atoms with Crippen LogP contribution in [0.25, 0.3) is 0 Å². The number of aromatic carboxylic acids is 1. The zero-order valence-corrected chi connectivity index (χ0v) is 13.7. The number of carboxylic acids is 1. The molecule has 0 aromatic heterocycles. The molecule has 5 nitrogen and oxygen atoms in total. The molecule has 0 bridgehead atoms. The number of hydrogen-bond donors (Lipinski definition) is 2. The van der Waals surface area contributed by atoms with E-state index < -0.39 is 5.97 Å². The Morgan fingerprint density at radius 1 is 1.17 bits per heavy atom. The smallest absolute Gasteiger partial charge is 0.336 e. The van der Waals surface area contributed by atoms with Gasteiger partial charge < -0.3 is 10.4 Å². The molecule has 24 heavy (non-hydrogen) atoms. The minimum absolute atomic E-state index is 0.105. The number of allylic oxidation sites excluding steroid dienone is 1. The molecule has 0 aliphatic carbocycles. The van der Waals surface area contributed by atoms with Crippen LogP contribution in [0.4, 0.5) is 5.69 Å². The summed E-state index contributed by atoms with van der Waals surface area (Å²) in [7, 11) is 0. The first kappa shape index (κ1) is 17.4. The molecule has 0 heterocycles. The van der Waals surface area contributed by atoms with Crippen LogP contribution in [-0.4, -0.2) is 11.1 Å². The van der Waals surface area contributed by atoms with Gasteiger partial charge in [0.15, 0.2) is 0 Å². The molecule has 2 aromatic carbocycles. The second kappa shape index (κ2) is 8.07. The van der Waals surface area contributed by atoms with Gasteiger partial charge >= 0.3 is 5.97 Å². The molecule has 0 spiro atoms. The van der Waals surface area contributed by atoms with Gasteiger partial charge in [0.05, 0.1) is 5.56 Å². The molecule has 0 saturated carbocycles. The van der Waals surface area contributed by atoms with Crippen molar-refractivity contribution in [3.8, 4) is 12.1 Å². The summed E-state index contributed by atoms with van der Waals surface area (Å²) in [5.74, 6) is -1.07. The average Bonchev–Trinajstić information content (AvgIpc) is 2.58. The Bertz CT molecular complexity index is 864. The molecule has 2 aromatic rings. The van der Waals surface area contributed by atoms with Gasteiger partial charge in [-0.1, -0.05) is 23.4 Å². The number of benzene rings is 2. The van der Waals surface area contributed by atoms with E-state index in [1.54, 1.807) is 48.5 Å². The standard InChI is InChI=1S/C17H10ClN3O2S/c18-12-1-4-14(5-2-12)24-16-6-3-13(7-15(16)17(22)23)21-10-11(8-19)9-20/h1-7,10,21H,(H,22,23). The molecule has 0 atom stereocenters. The highest BCUT2D eigenvalue weighted by atomic mass is 35.5. The summed E-state index contributed by atoms with van der Waals surface area (Å²) in [5, 5.41) is 30.1. The van der Waals surface area contributed by atoms with Crippen LogP contribution in [0.5, 0.6) is 0 Å². The summed E-state index contributed by atoms with van der Waals surface area (Å²) in [4.78, 5) is 12.9. The number of carboxylic acid groups (broad SMARTS) is 1. The monoisotopic (exact) mass is 355 g/mol. The molecule has 0 amide bonds. The topological polar surface area (TPSA) is 96.9 Å². The van der Waals surface area contributed by atoms with Crippen molar-refractivity contribution in [3.63, 3.8) is 0 Å². The molecule has 0 saturated heterocycles. The normalized spacial score (nSPS) is 9.46. The lowest BCUT2D eigenvalue weighted by molar-refractivity contribution is 0.0693. The highest BCUT2D eigenvalue weighted by molar-refractivity contribution is 7.99. The Morgan fingerprint density at radius 3 is 2.42 bits per heavy atom. The van der Waals surface area contributed by atoms with Crippen LogP contribution in [0.15, 0.2) is 64.0 Å². The number of halogens is 1. The summed E-state index contributed by atoms with van der Waals surface area (Å²) in [5.41, 5.74) is 0.478. The number of hydrogen-bond acceptors (Lipinski definition) is 5.